The number of aromatic nitrogens is 3. The summed E-state index contributed by atoms with van der Waals surface area (Å²) in [4.78, 5) is 15.7. The fourth-order valence-corrected chi connectivity index (χ4v) is 3.67. The summed E-state index contributed by atoms with van der Waals surface area (Å²) in [6, 6.07) is 1.79. The average molecular weight is 381 g/mol. The highest BCUT2D eigenvalue weighted by molar-refractivity contribution is 7.99. The average Bonchev–Trinajstić information content (AvgIpc) is 2.62. The first-order chi connectivity index (χ1) is 11.9. The highest BCUT2D eigenvalue weighted by Crippen LogP contribution is 2.35. The second-order valence-electron chi connectivity index (χ2n) is 6.39. The number of nitrogen functional groups attached to an aromatic ring is 1. The van der Waals surface area contributed by atoms with E-state index >= 15 is 0 Å². The van der Waals surface area contributed by atoms with E-state index in [1.807, 2.05) is 11.8 Å². The zero-order valence-corrected chi connectivity index (χ0v) is 15.5. The third-order valence-corrected chi connectivity index (χ3v) is 6.14. The van der Waals surface area contributed by atoms with Gasteiger partial charge in [-0.1, -0.05) is 30.3 Å². The molecule has 1 saturated heterocycles. The normalized spacial score (nSPS) is 23.7. The zero-order valence-electron chi connectivity index (χ0n) is 13.9. The maximum Gasteiger partial charge on any atom is 0.147 e. The lowest BCUT2D eigenvalue weighted by atomic mass is 9.78. The van der Waals surface area contributed by atoms with Crippen LogP contribution >= 0.6 is 23.4 Å². The first kappa shape index (κ1) is 18.2. The second kappa shape index (κ2) is 7.33. The van der Waals surface area contributed by atoms with Gasteiger partial charge in [0.2, 0.25) is 0 Å². The number of aliphatic hydroxyl groups is 1. The molecule has 0 spiro atoms. The minimum Gasteiger partial charge on any atom is -0.391 e. The van der Waals surface area contributed by atoms with Gasteiger partial charge in [-0.3, -0.25) is 0 Å². The molecular weight excluding hydrogens is 360 g/mol. The van der Waals surface area contributed by atoms with E-state index in [1.165, 1.54) is 11.8 Å². The van der Waals surface area contributed by atoms with Crippen molar-refractivity contribution in [3.63, 3.8) is 0 Å². The van der Waals surface area contributed by atoms with Gasteiger partial charge in [0.1, 0.15) is 16.7 Å². The van der Waals surface area contributed by atoms with E-state index in [0.717, 1.165) is 23.7 Å². The van der Waals surface area contributed by atoms with Gasteiger partial charge in [0.25, 0.3) is 0 Å². The van der Waals surface area contributed by atoms with Crippen LogP contribution in [0, 0.1) is 5.41 Å². The van der Waals surface area contributed by atoms with Crippen molar-refractivity contribution in [3.05, 3.63) is 29.7 Å². The number of nitrogens with two attached hydrogens (primary N) is 2. The molecule has 0 aromatic carbocycles. The van der Waals surface area contributed by atoms with E-state index in [2.05, 4.69) is 15.0 Å². The third-order valence-electron chi connectivity index (χ3n) is 4.65. The van der Waals surface area contributed by atoms with Crippen LogP contribution in [0.5, 0.6) is 0 Å². The summed E-state index contributed by atoms with van der Waals surface area (Å²) in [5.41, 5.74) is 11.3. The highest BCUT2D eigenvalue weighted by atomic mass is 35.5. The Hall–Kier alpha value is -1.61. The van der Waals surface area contributed by atoms with Crippen molar-refractivity contribution in [2.75, 3.05) is 30.3 Å². The van der Waals surface area contributed by atoms with Crippen LogP contribution in [0.15, 0.2) is 34.6 Å². The highest BCUT2D eigenvalue weighted by Gasteiger charge is 2.37. The van der Waals surface area contributed by atoms with Gasteiger partial charge in [-0.2, -0.15) is 0 Å². The van der Waals surface area contributed by atoms with E-state index in [9.17, 15) is 5.11 Å². The molecule has 7 nitrogen and oxygen atoms in total. The number of piperidine rings is 1. The van der Waals surface area contributed by atoms with E-state index in [4.69, 9.17) is 23.1 Å². The van der Waals surface area contributed by atoms with Crippen molar-refractivity contribution in [2.24, 2.45) is 11.1 Å². The molecular formula is C16H21ClN6OS. The first-order valence-electron chi connectivity index (χ1n) is 7.96. The Morgan fingerprint density at radius 2 is 2.20 bits per heavy atom. The van der Waals surface area contributed by atoms with E-state index in [1.54, 1.807) is 24.7 Å². The van der Waals surface area contributed by atoms with Crippen LogP contribution in [-0.2, 0) is 0 Å². The lowest BCUT2D eigenvalue weighted by Gasteiger charge is -2.43. The van der Waals surface area contributed by atoms with Crippen LogP contribution < -0.4 is 16.4 Å². The number of rotatable bonds is 4. The van der Waals surface area contributed by atoms with Crippen molar-refractivity contribution in [3.8, 4) is 0 Å². The number of anilines is 2. The van der Waals surface area contributed by atoms with Crippen molar-refractivity contribution in [1.82, 2.24) is 15.0 Å². The minimum atomic E-state index is -0.485. The molecule has 2 aromatic rings. The molecule has 0 saturated carbocycles. The molecule has 2 unspecified atom stereocenters. The molecule has 134 valence electrons. The Kier molecular flexibility index (Phi) is 5.33. The Morgan fingerprint density at radius 1 is 1.40 bits per heavy atom. The molecule has 25 heavy (non-hydrogen) atoms. The molecule has 5 N–H and O–H groups in total. The number of hydrogen-bond donors (Lipinski definition) is 3. The Bertz CT molecular complexity index is 746. The summed E-state index contributed by atoms with van der Waals surface area (Å²) >= 11 is 7.53. The Labute approximate surface area is 155 Å². The van der Waals surface area contributed by atoms with Crippen LogP contribution in [0.3, 0.4) is 0 Å². The van der Waals surface area contributed by atoms with Crippen LogP contribution in [0.4, 0.5) is 11.6 Å². The number of halogens is 1. The van der Waals surface area contributed by atoms with Crippen LogP contribution in [0.25, 0.3) is 0 Å². The first-order valence-corrected chi connectivity index (χ1v) is 9.15. The summed E-state index contributed by atoms with van der Waals surface area (Å²) in [7, 11) is 0. The van der Waals surface area contributed by atoms with Crippen molar-refractivity contribution >= 4 is 35.0 Å². The molecule has 2 atom stereocenters. The predicted octanol–water partition coefficient (Wildman–Crippen LogP) is 1.79. The van der Waals surface area contributed by atoms with E-state index in [0.29, 0.717) is 29.0 Å². The molecule has 0 bridgehead atoms. The van der Waals surface area contributed by atoms with Gasteiger partial charge in [-0.25, -0.2) is 15.0 Å². The summed E-state index contributed by atoms with van der Waals surface area (Å²) in [5.74, 6) is 1.03. The molecule has 2 aromatic heterocycles. The zero-order chi connectivity index (χ0) is 18.0. The standard InChI is InChI=1S/C16H21ClN6OS/c1-16(9-18)3-5-23(8-11(16)24)12-6-22-13(7-21-12)25-10-2-4-20-15(19)14(10)17/h2,4,6-7,11,24H,3,5,8-9,18H2,1H3,(H2,19,20). The summed E-state index contributed by atoms with van der Waals surface area (Å²) in [5, 5.41) is 11.5. The summed E-state index contributed by atoms with van der Waals surface area (Å²) in [6.07, 6.45) is 5.33. The predicted molar refractivity (Wildman–Crippen MR) is 99.8 cm³/mol. The lowest BCUT2D eigenvalue weighted by Crippen LogP contribution is -2.53. The number of aliphatic hydroxyl groups excluding tert-OH is 1. The maximum atomic E-state index is 10.4. The quantitative estimate of drug-likeness (QED) is 0.735. The van der Waals surface area contributed by atoms with Gasteiger partial charge in [0.15, 0.2) is 0 Å². The van der Waals surface area contributed by atoms with Gasteiger partial charge >= 0.3 is 0 Å². The van der Waals surface area contributed by atoms with Crippen molar-refractivity contribution < 1.29 is 5.11 Å². The van der Waals surface area contributed by atoms with Gasteiger partial charge in [-0.05, 0) is 12.5 Å². The van der Waals surface area contributed by atoms with Crippen molar-refractivity contribution in [2.45, 2.75) is 29.4 Å². The van der Waals surface area contributed by atoms with Crippen LogP contribution in [0.1, 0.15) is 13.3 Å². The molecule has 3 rings (SSSR count). The number of hydrogen-bond acceptors (Lipinski definition) is 8. The maximum absolute atomic E-state index is 10.4. The van der Waals surface area contributed by atoms with Crippen molar-refractivity contribution in [1.29, 1.82) is 0 Å². The summed E-state index contributed by atoms with van der Waals surface area (Å²) in [6.45, 7) is 3.78. The van der Waals surface area contributed by atoms with Gasteiger partial charge in [-0.15, -0.1) is 0 Å². The van der Waals surface area contributed by atoms with Gasteiger partial charge in [0, 0.05) is 36.1 Å². The number of pyridine rings is 1. The monoisotopic (exact) mass is 380 g/mol. The van der Waals surface area contributed by atoms with Gasteiger partial charge in [0.05, 0.1) is 23.5 Å². The molecule has 1 aliphatic heterocycles. The minimum absolute atomic E-state index is 0.238. The molecule has 1 aliphatic rings. The molecule has 9 heteroatoms. The van der Waals surface area contributed by atoms with Crippen LogP contribution in [-0.4, -0.2) is 45.8 Å². The molecule has 0 aliphatic carbocycles. The smallest absolute Gasteiger partial charge is 0.147 e. The number of nitrogens with zero attached hydrogens (tertiary/aromatic N) is 4. The van der Waals surface area contributed by atoms with Crippen LogP contribution in [0.2, 0.25) is 5.02 Å². The molecule has 3 heterocycles. The fraction of sp³-hybridized carbons (Fsp3) is 0.438. The summed E-state index contributed by atoms with van der Waals surface area (Å²) < 4.78 is 0. The van der Waals surface area contributed by atoms with E-state index < -0.39 is 6.10 Å². The molecule has 0 amide bonds. The van der Waals surface area contributed by atoms with E-state index in [-0.39, 0.29) is 5.41 Å². The largest absolute Gasteiger partial charge is 0.391 e. The fourth-order valence-electron chi connectivity index (χ4n) is 2.68. The third kappa shape index (κ3) is 3.82. The molecule has 1 fully saturated rings. The Morgan fingerprint density at radius 3 is 2.84 bits per heavy atom. The SMILES string of the molecule is CC1(CN)CCN(c2cnc(Sc3ccnc(N)c3Cl)cn2)CC1O. The topological polar surface area (TPSA) is 114 Å². The molecule has 0 radical (unpaired) electrons. The lowest BCUT2D eigenvalue weighted by molar-refractivity contribution is 0.0278. The number of β-amino-alcohol motifs (C(OH)–C–C–N with tert-alkyl or cyclic N) is 1. The van der Waals surface area contributed by atoms with Gasteiger partial charge < -0.3 is 21.5 Å². The second-order valence-corrected chi connectivity index (χ2v) is 7.83. The Balaban J connectivity index is 1.70.